The van der Waals surface area contributed by atoms with Gasteiger partial charge in [-0.05, 0) is 94.7 Å². The molecule has 0 aliphatic carbocycles. The Morgan fingerprint density at radius 1 is 0.377 bits per heavy atom. The number of fused-ring (bicyclic) bond motifs is 9. The fourth-order valence-electron chi connectivity index (χ4n) is 8.27. The maximum Gasteiger partial charge on any atom is 0.143 e. The van der Waals surface area contributed by atoms with Crippen LogP contribution in [0.15, 0.2) is 199 Å². The van der Waals surface area contributed by atoms with Crippen LogP contribution in [0.25, 0.3) is 82.1 Å². The topological polar surface area (TPSA) is 21.3 Å². The molecule has 0 aliphatic heterocycles. The third kappa shape index (κ3) is 4.68. The van der Waals surface area contributed by atoms with Crippen LogP contribution in [-0.2, 0) is 0 Å². The SMILES string of the molecule is c1ccc(-n2c3ccccc3c3cc(-c4ccc(N(c5ccc6ccc7c8ccccc8oc7c6c5)c5cccc6ccccc56)cc4)ccc32)cc1. The van der Waals surface area contributed by atoms with E-state index < -0.39 is 0 Å². The Labute approximate surface area is 306 Å². The fourth-order valence-corrected chi connectivity index (χ4v) is 8.27. The van der Waals surface area contributed by atoms with E-state index in [1.165, 1.54) is 49.4 Å². The summed E-state index contributed by atoms with van der Waals surface area (Å²) in [5.41, 5.74) is 11.1. The number of benzene rings is 9. The van der Waals surface area contributed by atoms with E-state index in [0.717, 1.165) is 49.8 Å². The maximum atomic E-state index is 6.51. The summed E-state index contributed by atoms with van der Waals surface area (Å²) in [5.74, 6) is 0. The fraction of sp³-hybridized carbons (Fsp3) is 0. The predicted molar refractivity (Wildman–Crippen MR) is 223 cm³/mol. The van der Waals surface area contributed by atoms with Crippen LogP contribution in [0, 0.1) is 0 Å². The van der Waals surface area contributed by atoms with Crippen LogP contribution in [0.4, 0.5) is 17.1 Å². The van der Waals surface area contributed by atoms with Crippen LogP contribution < -0.4 is 4.90 Å². The molecule has 0 bridgehead atoms. The number of nitrogens with zero attached hydrogens (tertiary/aromatic N) is 2. The molecule has 0 N–H and O–H groups in total. The Balaban J connectivity index is 1.07. The molecule has 0 amide bonds. The molecule has 3 heteroatoms. The molecule has 0 saturated heterocycles. The number of rotatable bonds is 5. The molecule has 3 nitrogen and oxygen atoms in total. The summed E-state index contributed by atoms with van der Waals surface area (Å²) in [6, 6.07) is 69.8. The summed E-state index contributed by atoms with van der Waals surface area (Å²) >= 11 is 0. The molecule has 11 rings (SSSR count). The molecule has 0 unspecified atom stereocenters. The van der Waals surface area contributed by atoms with Crippen LogP contribution in [0.1, 0.15) is 0 Å². The molecule has 0 spiro atoms. The quantitative estimate of drug-likeness (QED) is 0.181. The second kappa shape index (κ2) is 11.7. The van der Waals surface area contributed by atoms with Crippen molar-refractivity contribution in [2.75, 3.05) is 4.90 Å². The van der Waals surface area contributed by atoms with Crippen molar-refractivity contribution >= 4 is 82.4 Å². The number of hydrogen-bond acceptors (Lipinski definition) is 2. The van der Waals surface area contributed by atoms with Gasteiger partial charge in [0.15, 0.2) is 0 Å². The Morgan fingerprint density at radius 3 is 1.92 bits per heavy atom. The molecular formula is C50H32N2O. The van der Waals surface area contributed by atoms with E-state index >= 15 is 0 Å². The van der Waals surface area contributed by atoms with Crippen molar-refractivity contribution in [1.82, 2.24) is 4.57 Å². The first-order valence-corrected chi connectivity index (χ1v) is 18.1. The lowest BCUT2D eigenvalue weighted by Gasteiger charge is -2.27. The first kappa shape index (κ1) is 29.6. The second-order valence-corrected chi connectivity index (χ2v) is 13.7. The van der Waals surface area contributed by atoms with E-state index in [-0.39, 0.29) is 0 Å². The molecular weight excluding hydrogens is 645 g/mol. The zero-order valence-corrected chi connectivity index (χ0v) is 28.8. The first-order chi connectivity index (χ1) is 26.3. The first-order valence-electron chi connectivity index (χ1n) is 18.1. The van der Waals surface area contributed by atoms with Crippen LogP contribution in [-0.4, -0.2) is 4.57 Å². The molecule has 0 radical (unpaired) electrons. The smallest absolute Gasteiger partial charge is 0.143 e. The zero-order chi connectivity index (χ0) is 34.9. The van der Waals surface area contributed by atoms with Crippen LogP contribution in [0.5, 0.6) is 0 Å². The average Bonchev–Trinajstić information content (AvgIpc) is 3.78. The molecule has 0 atom stereocenters. The largest absolute Gasteiger partial charge is 0.455 e. The van der Waals surface area contributed by atoms with Crippen molar-refractivity contribution in [3.8, 4) is 16.8 Å². The van der Waals surface area contributed by atoms with Gasteiger partial charge in [0.1, 0.15) is 11.2 Å². The van der Waals surface area contributed by atoms with Gasteiger partial charge in [0.25, 0.3) is 0 Å². The van der Waals surface area contributed by atoms with Crippen LogP contribution in [0.3, 0.4) is 0 Å². The van der Waals surface area contributed by atoms with Gasteiger partial charge in [0, 0.05) is 49.4 Å². The lowest BCUT2D eigenvalue weighted by molar-refractivity contribution is 0.672. The van der Waals surface area contributed by atoms with Gasteiger partial charge >= 0.3 is 0 Å². The van der Waals surface area contributed by atoms with E-state index in [9.17, 15) is 0 Å². The van der Waals surface area contributed by atoms with Gasteiger partial charge < -0.3 is 13.9 Å². The Hall–Kier alpha value is -7.10. The third-order valence-electron chi connectivity index (χ3n) is 10.8. The number of hydrogen-bond donors (Lipinski definition) is 0. The monoisotopic (exact) mass is 676 g/mol. The van der Waals surface area contributed by atoms with Gasteiger partial charge in [-0.3, -0.25) is 0 Å². The highest BCUT2D eigenvalue weighted by molar-refractivity contribution is 6.16. The van der Waals surface area contributed by atoms with Gasteiger partial charge in [-0.25, -0.2) is 0 Å². The highest BCUT2D eigenvalue weighted by Gasteiger charge is 2.19. The third-order valence-corrected chi connectivity index (χ3v) is 10.8. The molecule has 0 aliphatic rings. The minimum atomic E-state index is 0.907. The Bertz CT molecular complexity index is 3160. The number of anilines is 3. The summed E-state index contributed by atoms with van der Waals surface area (Å²) < 4.78 is 8.87. The average molecular weight is 677 g/mol. The Morgan fingerprint density at radius 2 is 1.04 bits per heavy atom. The standard InChI is InChI=1S/C50H32N2O/c1-2-13-37(14-3-1)52-47-18-8-6-16-41(47)45-31-36(25-30-48(45)52)33-21-26-38(27-22-33)51(46-19-10-12-34-11-4-5-15-40(34)46)39-28-23-35-24-29-43-42-17-7-9-20-49(42)53-50(43)44(35)32-39/h1-32H. The second-order valence-electron chi connectivity index (χ2n) is 13.7. The lowest BCUT2D eigenvalue weighted by Crippen LogP contribution is -2.10. The van der Waals surface area contributed by atoms with Crippen molar-refractivity contribution < 1.29 is 4.42 Å². The highest BCUT2D eigenvalue weighted by Crippen LogP contribution is 2.43. The van der Waals surface area contributed by atoms with Crippen molar-refractivity contribution in [1.29, 1.82) is 0 Å². The van der Waals surface area contributed by atoms with Gasteiger partial charge in [-0.1, -0.05) is 121 Å². The molecule has 53 heavy (non-hydrogen) atoms. The molecule has 11 aromatic rings. The number of aromatic nitrogens is 1. The normalized spacial score (nSPS) is 11.8. The van der Waals surface area contributed by atoms with E-state index in [0.29, 0.717) is 0 Å². The molecule has 248 valence electrons. The van der Waals surface area contributed by atoms with Crippen molar-refractivity contribution in [2.24, 2.45) is 0 Å². The Kier molecular flexibility index (Phi) is 6.55. The van der Waals surface area contributed by atoms with Gasteiger partial charge in [0.05, 0.1) is 16.7 Å². The summed E-state index contributed by atoms with van der Waals surface area (Å²) in [4.78, 5) is 2.38. The van der Waals surface area contributed by atoms with Gasteiger partial charge in [-0.15, -0.1) is 0 Å². The van der Waals surface area contributed by atoms with Crippen molar-refractivity contribution in [3.63, 3.8) is 0 Å². The van der Waals surface area contributed by atoms with Crippen molar-refractivity contribution in [2.45, 2.75) is 0 Å². The molecule has 2 heterocycles. The summed E-state index contributed by atoms with van der Waals surface area (Å²) in [6.45, 7) is 0. The van der Waals surface area contributed by atoms with Crippen molar-refractivity contribution in [3.05, 3.63) is 194 Å². The predicted octanol–water partition coefficient (Wildman–Crippen LogP) is 14.1. The highest BCUT2D eigenvalue weighted by atomic mass is 16.3. The lowest BCUT2D eigenvalue weighted by atomic mass is 10.0. The van der Waals surface area contributed by atoms with Crippen LogP contribution in [0.2, 0.25) is 0 Å². The molecule has 2 aromatic heterocycles. The molecule has 0 saturated carbocycles. The maximum absolute atomic E-state index is 6.51. The summed E-state index contributed by atoms with van der Waals surface area (Å²) in [7, 11) is 0. The van der Waals surface area contributed by atoms with Gasteiger partial charge in [-0.2, -0.15) is 0 Å². The van der Waals surface area contributed by atoms with E-state index in [1.807, 2.05) is 12.1 Å². The minimum Gasteiger partial charge on any atom is -0.455 e. The zero-order valence-electron chi connectivity index (χ0n) is 28.8. The van der Waals surface area contributed by atoms with E-state index in [2.05, 4.69) is 191 Å². The van der Waals surface area contributed by atoms with Gasteiger partial charge in [0.2, 0.25) is 0 Å². The number of para-hydroxylation sites is 3. The summed E-state index contributed by atoms with van der Waals surface area (Å²) in [6.07, 6.45) is 0. The summed E-state index contributed by atoms with van der Waals surface area (Å²) in [5, 5.41) is 9.42. The van der Waals surface area contributed by atoms with E-state index in [4.69, 9.17) is 4.42 Å². The molecule has 0 fully saturated rings. The van der Waals surface area contributed by atoms with Crippen LogP contribution >= 0.6 is 0 Å². The minimum absolute atomic E-state index is 0.907. The number of furan rings is 1. The van der Waals surface area contributed by atoms with E-state index in [1.54, 1.807) is 0 Å². The molecule has 9 aromatic carbocycles.